The summed E-state index contributed by atoms with van der Waals surface area (Å²) in [5.74, 6) is 0.151. The molecule has 7 heteroatoms. The average molecular weight is 407 g/mol. The number of aryl methyl sites for hydroxylation is 2. The Kier molecular flexibility index (Phi) is 5.36. The van der Waals surface area contributed by atoms with Crippen molar-refractivity contribution in [1.82, 2.24) is 15.2 Å². The molecule has 140 valence electrons. The molecular formula is C21H18N4OS2. The van der Waals surface area contributed by atoms with Gasteiger partial charge in [-0.1, -0.05) is 53.4 Å². The maximum atomic E-state index is 12.2. The number of thioether (sulfide) groups is 1. The van der Waals surface area contributed by atoms with Crippen LogP contribution in [0, 0.1) is 13.8 Å². The van der Waals surface area contributed by atoms with E-state index in [9.17, 15) is 4.79 Å². The third kappa shape index (κ3) is 4.21. The van der Waals surface area contributed by atoms with E-state index in [2.05, 4.69) is 26.6 Å². The zero-order valence-electron chi connectivity index (χ0n) is 15.5. The summed E-state index contributed by atoms with van der Waals surface area (Å²) in [6.45, 7) is 4.09. The van der Waals surface area contributed by atoms with Gasteiger partial charge in [0.05, 0.1) is 21.7 Å². The van der Waals surface area contributed by atoms with E-state index in [1.54, 1.807) is 0 Å². The summed E-state index contributed by atoms with van der Waals surface area (Å²) < 4.78 is 1.07. The minimum absolute atomic E-state index is 0.106. The standard InChI is InChI=1S/C21H18N4OS2/c1-13-7-8-17-18(11-13)28-21(22-17)23-19(26)12-27-20-10-9-16(24-25-20)15-6-4-3-5-14(15)2/h3-11H,12H2,1-2H3,(H,22,23,26). The van der Waals surface area contributed by atoms with Crippen molar-refractivity contribution in [2.24, 2.45) is 0 Å². The zero-order valence-corrected chi connectivity index (χ0v) is 17.1. The van der Waals surface area contributed by atoms with Crippen LogP contribution in [0.3, 0.4) is 0 Å². The second-order valence-electron chi connectivity index (χ2n) is 6.40. The average Bonchev–Trinajstić information content (AvgIpc) is 3.08. The summed E-state index contributed by atoms with van der Waals surface area (Å²) in [7, 11) is 0. The fourth-order valence-electron chi connectivity index (χ4n) is 2.78. The second kappa shape index (κ2) is 8.08. The van der Waals surface area contributed by atoms with Crippen molar-refractivity contribution in [2.45, 2.75) is 18.9 Å². The topological polar surface area (TPSA) is 67.8 Å². The Morgan fingerprint density at radius 1 is 1.07 bits per heavy atom. The molecule has 0 atom stereocenters. The van der Waals surface area contributed by atoms with Gasteiger partial charge >= 0.3 is 0 Å². The monoisotopic (exact) mass is 406 g/mol. The maximum Gasteiger partial charge on any atom is 0.236 e. The first-order valence-electron chi connectivity index (χ1n) is 8.78. The number of amides is 1. The third-order valence-electron chi connectivity index (χ3n) is 4.20. The van der Waals surface area contributed by atoms with Gasteiger partial charge < -0.3 is 5.32 Å². The number of hydrogen-bond donors (Lipinski definition) is 1. The molecule has 4 aromatic rings. The first kappa shape index (κ1) is 18.6. The van der Waals surface area contributed by atoms with Crippen molar-refractivity contribution in [3.05, 3.63) is 65.7 Å². The Morgan fingerprint density at radius 2 is 1.93 bits per heavy atom. The number of carbonyl (C=O) groups is 1. The number of fused-ring (bicyclic) bond motifs is 1. The number of nitrogens with one attached hydrogen (secondary N) is 1. The molecule has 5 nitrogen and oxygen atoms in total. The van der Waals surface area contributed by atoms with Crippen LogP contribution in [0.5, 0.6) is 0 Å². The maximum absolute atomic E-state index is 12.2. The Labute approximate surface area is 171 Å². The lowest BCUT2D eigenvalue weighted by Crippen LogP contribution is -2.13. The fourth-order valence-corrected chi connectivity index (χ4v) is 4.38. The van der Waals surface area contributed by atoms with Gasteiger partial charge in [0.2, 0.25) is 5.91 Å². The van der Waals surface area contributed by atoms with Crippen LogP contribution >= 0.6 is 23.1 Å². The van der Waals surface area contributed by atoms with Gasteiger partial charge in [0, 0.05) is 5.56 Å². The van der Waals surface area contributed by atoms with Crippen LogP contribution in [-0.2, 0) is 4.79 Å². The van der Waals surface area contributed by atoms with Crippen LogP contribution in [0.25, 0.3) is 21.5 Å². The van der Waals surface area contributed by atoms with E-state index in [4.69, 9.17) is 0 Å². The highest BCUT2D eigenvalue weighted by molar-refractivity contribution is 7.99. The predicted octanol–water partition coefficient (Wildman–Crippen LogP) is 5.10. The van der Waals surface area contributed by atoms with Gasteiger partial charge in [0.1, 0.15) is 5.03 Å². The van der Waals surface area contributed by atoms with E-state index in [0.29, 0.717) is 10.2 Å². The molecule has 0 aliphatic rings. The lowest BCUT2D eigenvalue weighted by Gasteiger charge is -2.05. The highest BCUT2D eigenvalue weighted by Gasteiger charge is 2.10. The Balaban J connectivity index is 1.37. The number of benzene rings is 2. The van der Waals surface area contributed by atoms with E-state index in [1.807, 2.05) is 62.4 Å². The van der Waals surface area contributed by atoms with Crippen molar-refractivity contribution in [3.8, 4) is 11.3 Å². The molecular weight excluding hydrogens is 388 g/mol. The summed E-state index contributed by atoms with van der Waals surface area (Å²) in [4.78, 5) is 16.7. The van der Waals surface area contributed by atoms with E-state index in [1.165, 1.54) is 28.7 Å². The highest BCUT2D eigenvalue weighted by atomic mass is 32.2. The predicted molar refractivity (Wildman–Crippen MR) is 116 cm³/mol. The molecule has 0 saturated carbocycles. The van der Waals surface area contributed by atoms with Gasteiger partial charge in [-0.15, -0.1) is 10.2 Å². The fraction of sp³-hybridized carbons (Fsp3) is 0.143. The number of rotatable bonds is 5. The normalized spacial score (nSPS) is 10.9. The zero-order chi connectivity index (χ0) is 19.5. The number of aromatic nitrogens is 3. The summed E-state index contributed by atoms with van der Waals surface area (Å²) in [5.41, 5.74) is 5.13. The minimum atomic E-state index is -0.106. The first-order chi connectivity index (χ1) is 13.6. The molecule has 1 N–H and O–H groups in total. The molecule has 0 spiro atoms. The second-order valence-corrected chi connectivity index (χ2v) is 8.43. The Bertz CT molecular complexity index is 1140. The minimum Gasteiger partial charge on any atom is -0.301 e. The molecule has 0 aliphatic carbocycles. The van der Waals surface area contributed by atoms with Crippen LogP contribution in [0.4, 0.5) is 5.13 Å². The number of anilines is 1. The summed E-state index contributed by atoms with van der Waals surface area (Å²) in [6.07, 6.45) is 0. The molecule has 2 aromatic carbocycles. The number of nitrogens with zero attached hydrogens (tertiary/aromatic N) is 3. The molecule has 2 heterocycles. The molecule has 0 bridgehead atoms. The largest absolute Gasteiger partial charge is 0.301 e. The molecule has 28 heavy (non-hydrogen) atoms. The molecule has 0 saturated heterocycles. The van der Waals surface area contributed by atoms with Gasteiger partial charge in [0.25, 0.3) is 0 Å². The van der Waals surface area contributed by atoms with Crippen LogP contribution in [0.2, 0.25) is 0 Å². The Hall–Kier alpha value is -2.77. The lowest BCUT2D eigenvalue weighted by molar-refractivity contribution is -0.113. The number of thiazole rings is 1. The SMILES string of the molecule is Cc1ccc2nc(NC(=O)CSc3ccc(-c4ccccc4C)nn3)sc2c1. The van der Waals surface area contributed by atoms with Crippen molar-refractivity contribution in [1.29, 1.82) is 0 Å². The number of hydrogen-bond acceptors (Lipinski definition) is 6. The quantitative estimate of drug-likeness (QED) is 0.467. The van der Waals surface area contributed by atoms with Crippen molar-refractivity contribution in [3.63, 3.8) is 0 Å². The van der Waals surface area contributed by atoms with E-state index in [-0.39, 0.29) is 11.7 Å². The van der Waals surface area contributed by atoms with Gasteiger partial charge in [-0.2, -0.15) is 0 Å². The molecule has 0 radical (unpaired) electrons. The van der Waals surface area contributed by atoms with E-state index in [0.717, 1.165) is 27.0 Å². The van der Waals surface area contributed by atoms with Gasteiger partial charge in [-0.25, -0.2) is 4.98 Å². The van der Waals surface area contributed by atoms with Gasteiger partial charge in [-0.3, -0.25) is 4.79 Å². The van der Waals surface area contributed by atoms with Crippen molar-refractivity contribution >= 4 is 44.4 Å². The molecule has 0 aliphatic heterocycles. The first-order valence-corrected chi connectivity index (χ1v) is 10.6. The van der Waals surface area contributed by atoms with Crippen LogP contribution in [-0.4, -0.2) is 26.8 Å². The summed E-state index contributed by atoms with van der Waals surface area (Å²) >= 11 is 2.84. The summed E-state index contributed by atoms with van der Waals surface area (Å²) in [5, 5.41) is 12.7. The molecule has 0 fully saturated rings. The molecule has 4 rings (SSSR count). The van der Waals surface area contributed by atoms with Crippen LogP contribution < -0.4 is 5.32 Å². The van der Waals surface area contributed by atoms with Crippen molar-refractivity contribution in [2.75, 3.05) is 11.1 Å². The molecule has 2 aromatic heterocycles. The molecule has 1 amide bonds. The smallest absolute Gasteiger partial charge is 0.236 e. The Morgan fingerprint density at radius 3 is 2.71 bits per heavy atom. The van der Waals surface area contributed by atoms with Gasteiger partial charge in [-0.05, 0) is 49.2 Å². The lowest BCUT2D eigenvalue weighted by atomic mass is 10.1. The molecule has 0 unspecified atom stereocenters. The van der Waals surface area contributed by atoms with E-state index >= 15 is 0 Å². The number of carbonyl (C=O) groups excluding carboxylic acids is 1. The van der Waals surface area contributed by atoms with Crippen molar-refractivity contribution < 1.29 is 4.79 Å². The van der Waals surface area contributed by atoms with Crippen LogP contribution in [0.1, 0.15) is 11.1 Å². The summed E-state index contributed by atoms with van der Waals surface area (Å²) in [6, 6.07) is 18.0. The van der Waals surface area contributed by atoms with Gasteiger partial charge in [0.15, 0.2) is 5.13 Å². The highest BCUT2D eigenvalue weighted by Crippen LogP contribution is 2.27. The third-order valence-corrected chi connectivity index (χ3v) is 6.06. The van der Waals surface area contributed by atoms with E-state index < -0.39 is 0 Å². The van der Waals surface area contributed by atoms with Crippen LogP contribution in [0.15, 0.2) is 59.6 Å².